The molecule has 6 nitrogen and oxygen atoms in total. The Balaban J connectivity index is 1.42. The molecule has 2 aromatic carbocycles. The summed E-state index contributed by atoms with van der Waals surface area (Å²) in [6, 6.07) is 14.0. The average molecular weight is 398 g/mol. The van der Waals surface area contributed by atoms with E-state index in [2.05, 4.69) is 15.1 Å². The maximum Gasteiger partial charge on any atom is 0.243 e. The minimum atomic E-state index is -0.243. The van der Waals surface area contributed by atoms with Crippen molar-refractivity contribution in [3.63, 3.8) is 0 Å². The number of piperazine rings is 1. The Labute approximate surface area is 170 Å². The number of benzene rings is 2. The molecule has 29 heavy (non-hydrogen) atoms. The lowest BCUT2D eigenvalue weighted by molar-refractivity contribution is -0.134. The van der Waals surface area contributed by atoms with Crippen LogP contribution in [0.3, 0.4) is 0 Å². The molecule has 1 N–H and O–H groups in total. The summed E-state index contributed by atoms with van der Waals surface area (Å²) in [4.78, 5) is 30.4. The Kier molecular flexibility index (Phi) is 6.82. The highest BCUT2D eigenvalue weighted by Gasteiger charge is 2.21. The second-order valence-electron chi connectivity index (χ2n) is 7.40. The van der Waals surface area contributed by atoms with Crippen molar-refractivity contribution >= 4 is 23.2 Å². The van der Waals surface area contributed by atoms with Crippen LogP contribution in [0.4, 0.5) is 15.8 Å². The van der Waals surface area contributed by atoms with Gasteiger partial charge < -0.3 is 15.1 Å². The molecule has 1 aliphatic heterocycles. The molecule has 0 aliphatic carbocycles. The maximum absolute atomic E-state index is 13.1. The van der Waals surface area contributed by atoms with E-state index >= 15 is 0 Å². The molecule has 2 aromatic rings. The molecule has 7 heteroatoms. The Bertz CT molecular complexity index is 831. The summed E-state index contributed by atoms with van der Waals surface area (Å²) in [7, 11) is 1.64. The molecule has 0 aromatic heterocycles. The molecular weight excluding hydrogens is 371 g/mol. The van der Waals surface area contributed by atoms with Crippen LogP contribution in [0.25, 0.3) is 0 Å². The fourth-order valence-electron chi connectivity index (χ4n) is 3.27. The first-order valence-electron chi connectivity index (χ1n) is 9.74. The lowest BCUT2D eigenvalue weighted by Gasteiger charge is -2.36. The van der Waals surface area contributed by atoms with Crippen molar-refractivity contribution in [2.75, 3.05) is 56.5 Å². The fraction of sp³-hybridized carbons (Fsp3) is 0.364. The first-order chi connectivity index (χ1) is 13.9. The van der Waals surface area contributed by atoms with Crippen LogP contribution in [0.1, 0.15) is 5.56 Å². The predicted octanol–water partition coefficient (Wildman–Crippen LogP) is 2.35. The number of nitrogens with one attached hydrogen (secondary N) is 1. The minimum absolute atomic E-state index is 0.0161. The lowest BCUT2D eigenvalue weighted by Crippen LogP contribution is -2.50. The smallest absolute Gasteiger partial charge is 0.243 e. The van der Waals surface area contributed by atoms with Gasteiger partial charge in [0.15, 0.2) is 0 Å². The van der Waals surface area contributed by atoms with E-state index in [1.54, 1.807) is 19.2 Å². The molecule has 1 aliphatic rings. The monoisotopic (exact) mass is 398 g/mol. The number of aryl methyl sites for hydroxylation is 1. The summed E-state index contributed by atoms with van der Waals surface area (Å²) in [5.41, 5.74) is 2.83. The van der Waals surface area contributed by atoms with E-state index in [1.807, 2.05) is 31.2 Å². The van der Waals surface area contributed by atoms with Gasteiger partial charge >= 0.3 is 0 Å². The number of rotatable bonds is 6. The van der Waals surface area contributed by atoms with Crippen molar-refractivity contribution in [1.29, 1.82) is 0 Å². The van der Waals surface area contributed by atoms with E-state index < -0.39 is 0 Å². The quantitative estimate of drug-likeness (QED) is 0.812. The zero-order valence-electron chi connectivity index (χ0n) is 16.9. The number of nitrogens with zero attached hydrogens (tertiary/aromatic N) is 3. The van der Waals surface area contributed by atoms with Crippen LogP contribution in [0, 0.1) is 12.7 Å². The molecule has 1 saturated heterocycles. The van der Waals surface area contributed by atoms with E-state index in [4.69, 9.17) is 0 Å². The van der Waals surface area contributed by atoms with Gasteiger partial charge in [-0.2, -0.15) is 0 Å². The molecule has 0 unspecified atom stereocenters. The van der Waals surface area contributed by atoms with Gasteiger partial charge in [0, 0.05) is 44.6 Å². The zero-order valence-corrected chi connectivity index (χ0v) is 16.9. The summed E-state index contributed by atoms with van der Waals surface area (Å²) in [5, 5.41) is 2.81. The number of carbonyl (C=O) groups is 2. The SMILES string of the molecule is Cc1ccc(NC(=O)CN(C)C(=O)CN2CCN(c3ccc(F)cc3)CC2)cc1. The predicted molar refractivity (Wildman–Crippen MR) is 112 cm³/mol. The van der Waals surface area contributed by atoms with Gasteiger partial charge in [0.25, 0.3) is 0 Å². The van der Waals surface area contributed by atoms with Crippen LogP contribution in [0.2, 0.25) is 0 Å². The standard InChI is InChI=1S/C22H27FN4O2/c1-17-3-7-19(8-4-17)24-21(28)15-25(2)22(29)16-26-11-13-27(14-12-26)20-9-5-18(23)6-10-20/h3-10H,11-16H2,1-2H3,(H,24,28). The van der Waals surface area contributed by atoms with Gasteiger partial charge in [0.2, 0.25) is 11.8 Å². The van der Waals surface area contributed by atoms with Crippen molar-refractivity contribution in [1.82, 2.24) is 9.80 Å². The van der Waals surface area contributed by atoms with Crippen molar-refractivity contribution in [2.24, 2.45) is 0 Å². The van der Waals surface area contributed by atoms with E-state index in [-0.39, 0.29) is 30.7 Å². The summed E-state index contributed by atoms with van der Waals surface area (Å²) in [6.07, 6.45) is 0. The van der Waals surface area contributed by atoms with Crippen LogP contribution < -0.4 is 10.2 Å². The minimum Gasteiger partial charge on any atom is -0.369 e. The number of hydrogen-bond donors (Lipinski definition) is 1. The third-order valence-electron chi connectivity index (χ3n) is 5.06. The second-order valence-corrected chi connectivity index (χ2v) is 7.40. The van der Waals surface area contributed by atoms with Gasteiger partial charge in [-0.1, -0.05) is 17.7 Å². The molecule has 154 valence electrons. The molecule has 0 atom stereocenters. The Morgan fingerprint density at radius 3 is 2.24 bits per heavy atom. The number of hydrogen-bond acceptors (Lipinski definition) is 4. The Morgan fingerprint density at radius 1 is 1.00 bits per heavy atom. The molecular formula is C22H27FN4O2. The van der Waals surface area contributed by atoms with Gasteiger partial charge in [-0.05, 0) is 43.3 Å². The number of halogens is 1. The molecule has 0 spiro atoms. The average Bonchev–Trinajstić information content (AvgIpc) is 2.71. The van der Waals surface area contributed by atoms with Crippen molar-refractivity contribution in [3.05, 3.63) is 59.9 Å². The molecule has 0 radical (unpaired) electrons. The van der Waals surface area contributed by atoms with Crippen LogP contribution in [0.15, 0.2) is 48.5 Å². The first kappa shape index (κ1) is 20.8. The van der Waals surface area contributed by atoms with Gasteiger partial charge in [-0.3, -0.25) is 14.5 Å². The third-order valence-corrected chi connectivity index (χ3v) is 5.06. The van der Waals surface area contributed by atoms with Gasteiger partial charge in [0.05, 0.1) is 13.1 Å². The summed E-state index contributed by atoms with van der Waals surface area (Å²) < 4.78 is 13.1. The van der Waals surface area contributed by atoms with Crippen molar-refractivity contribution in [2.45, 2.75) is 6.92 Å². The largest absolute Gasteiger partial charge is 0.369 e. The highest BCUT2D eigenvalue weighted by molar-refractivity contribution is 5.94. The van der Waals surface area contributed by atoms with Crippen LogP contribution in [-0.2, 0) is 9.59 Å². The topological polar surface area (TPSA) is 55.9 Å². The van der Waals surface area contributed by atoms with Crippen molar-refractivity contribution in [3.8, 4) is 0 Å². The highest BCUT2D eigenvalue weighted by Crippen LogP contribution is 2.17. The van der Waals surface area contributed by atoms with E-state index in [0.29, 0.717) is 0 Å². The molecule has 2 amide bonds. The highest BCUT2D eigenvalue weighted by atomic mass is 19.1. The number of likely N-dealkylation sites (N-methyl/N-ethyl adjacent to an activating group) is 1. The maximum atomic E-state index is 13.1. The van der Waals surface area contributed by atoms with E-state index in [9.17, 15) is 14.0 Å². The number of amides is 2. The second kappa shape index (κ2) is 9.52. The number of carbonyl (C=O) groups excluding carboxylic acids is 2. The third kappa shape index (κ3) is 6.02. The first-order valence-corrected chi connectivity index (χ1v) is 9.74. The van der Waals surface area contributed by atoms with Gasteiger partial charge in [-0.25, -0.2) is 4.39 Å². The molecule has 0 saturated carbocycles. The van der Waals surface area contributed by atoms with Gasteiger partial charge in [-0.15, -0.1) is 0 Å². The lowest BCUT2D eigenvalue weighted by atomic mass is 10.2. The van der Waals surface area contributed by atoms with E-state index in [1.165, 1.54) is 17.0 Å². The van der Waals surface area contributed by atoms with Gasteiger partial charge in [0.1, 0.15) is 5.82 Å². The van der Waals surface area contributed by atoms with Crippen LogP contribution in [0.5, 0.6) is 0 Å². The van der Waals surface area contributed by atoms with Crippen molar-refractivity contribution < 1.29 is 14.0 Å². The van der Waals surface area contributed by atoms with E-state index in [0.717, 1.165) is 43.1 Å². The summed E-state index contributed by atoms with van der Waals surface area (Å²) in [6.45, 7) is 5.32. The molecule has 3 rings (SSSR count). The van der Waals surface area contributed by atoms with Crippen LogP contribution in [-0.4, -0.2) is 67.9 Å². The summed E-state index contributed by atoms with van der Waals surface area (Å²) in [5.74, 6) is -0.544. The zero-order chi connectivity index (χ0) is 20.8. The molecule has 1 heterocycles. The Hall–Kier alpha value is -2.93. The fourth-order valence-corrected chi connectivity index (χ4v) is 3.27. The molecule has 0 bridgehead atoms. The Morgan fingerprint density at radius 2 is 1.62 bits per heavy atom. The molecule has 1 fully saturated rings. The normalized spacial score (nSPS) is 14.5. The number of anilines is 2. The van der Waals surface area contributed by atoms with Crippen LogP contribution >= 0.6 is 0 Å². The summed E-state index contributed by atoms with van der Waals surface area (Å²) >= 11 is 0.